The second kappa shape index (κ2) is 6.23. The topological polar surface area (TPSA) is 38.3 Å². The van der Waals surface area contributed by atoms with Crippen LogP contribution in [0.15, 0.2) is 22.7 Å². The molecule has 88 valence electrons. The molecule has 0 aromatic heterocycles. The van der Waals surface area contributed by atoms with Crippen LogP contribution < -0.4 is 5.32 Å². The van der Waals surface area contributed by atoms with Gasteiger partial charge in [0.15, 0.2) is 0 Å². The van der Waals surface area contributed by atoms with Crippen LogP contribution in [0.1, 0.15) is 12.5 Å². The largest absolute Gasteiger partial charge is 0.468 e. The van der Waals surface area contributed by atoms with E-state index in [1.807, 2.05) is 18.2 Å². The third-order valence-electron chi connectivity index (χ3n) is 2.17. The van der Waals surface area contributed by atoms with Gasteiger partial charge in [-0.3, -0.25) is 4.79 Å². The molecule has 16 heavy (non-hydrogen) atoms. The summed E-state index contributed by atoms with van der Waals surface area (Å²) in [7, 11) is 1.37. The lowest BCUT2D eigenvalue weighted by atomic mass is 10.2. The number of hydrogen-bond acceptors (Lipinski definition) is 3. The average Bonchev–Trinajstić information content (AvgIpc) is 2.26. The molecule has 0 radical (unpaired) electrons. The van der Waals surface area contributed by atoms with Gasteiger partial charge >= 0.3 is 5.97 Å². The molecule has 3 nitrogen and oxygen atoms in total. The van der Waals surface area contributed by atoms with E-state index in [-0.39, 0.29) is 12.0 Å². The van der Waals surface area contributed by atoms with Crippen LogP contribution in [0.4, 0.5) is 0 Å². The summed E-state index contributed by atoms with van der Waals surface area (Å²) in [4.78, 5) is 11.2. The Kier molecular flexibility index (Phi) is 5.25. The van der Waals surface area contributed by atoms with E-state index in [0.29, 0.717) is 11.6 Å². The van der Waals surface area contributed by atoms with Crippen molar-refractivity contribution in [2.24, 2.45) is 0 Å². The van der Waals surface area contributed by atoms with Crippen LogP contribution in [0.25, 0.3) is 0 Å². The van der Waals surface area contributed by atoms with E-state index < -0.39 is 0 Å². The van der Waals surface area contributed by atoms with Gasteiger partial charge in [0.05, 0.1) is 7.11 Å². The van der Waals surface area contributed by atoms with Crippen LogP contribution in [0, 0.1) is 0 Å². The Hall–Kier alpha value is -0.580. The highest BCUT2D eigenvalue weighted by molar-refractivity contribution is 9.10. The fourth-order valence-corrected chi connectivity index (χ4v) is 2.01. The Morgan fingerprint density at radius 1 is 1.62 bits per heavy atom. The summed E-state index contributed by atoms with van der Waals surface area (Å²) < 4.78 is 5.54. The summed E-state index contributed by atoms with van der Waals surface area (Å²) in [6.07, 6.45) is 0. The SMILES string of the molecule is COC(=O)[C@H](C)NCc1ccc(Cl)cc1Br. The first-order valence-electron chi connectivity index (χ1n) is 4.79. The molecule has 1 atom stereocenters. The number of methoxy groups -OCH3 is 1. The fourth-order valence-electron chi connectivity index (χ4n) is 1.19. The summed E-state index contributed by atoms with van der Waals surface area (Å²) in [5.41, 5.74) is 1.04. The molecule has 1 rings (SSSR count). The molecule has 0 bridgehead atoms. The first kappa shape index (κ1) is 13.5. The van der Waals surface area contributed by atoms with Gasteiger partial charge in [-0.25, -0.2) is 0 Å². The molecular formula is C11H13BrClNO2. The molecule has 0 unspecified atom stereocenters. The molecule has 1 aromatic carbocycles. The predicted octanol–water partition coefficient (Wildman–Crippen LogP) is 2.75. The predicted molar refractivity (Wildman–Crippen MR) is 67.5 cm³/mol. The molecule has 1 aromatic rings. The summed E-state index contributed by atoms with van der Waals surface area (Å²) >= 11 is 9.24. The number of carbonyl (C=O) groups excluding carboxylic acids is 1. The monoisotopic (exact) mass is 305 g/mol. The molecule has 0 aliphatic carbocycles. The maximum Gasteiger partial charge on any atom is 0.322 e. The number of nitrogens with one attached hydrogen (secondary N) is 1. The number of carbonyl (C=O) groups is 1. The van der Waals surface area contributed by atoms with Crippen LogP contribution in [0.5, 0.6) is 0 Å². The number of rotatable bonds is 4. The Balaban J connectivity index is 2.58. The van der Waals surface area contributed by atoms with Crippen LogP contribution in [0.3, 0.4) is 0 Å². The van der Waals surface area contributed by atoms with Gasteiger partial charge in [-0.2, -0.15) is 0 Å². The minimum Gasteiger partial charge on any atom is -0.468 e. The lowest BCUT2D eigenvalue weighted by Crippen LogP contribution is -2.34. The normalized spacial score (nSPS) is 12.2. The Bertz CT molecular complexity index is 384. The minimum atomic E-state index is -0.326. The van der Waals surface area contributed by atoms with Gasteiger partial charge < -0.3 is 10.1 Å². The molecular weight excluding hydrogens is 293 g/mol. The first-order chi connectivity index (χ1) is 7.54. The molecule has 0 saturated carbocycles. The molecule has 0 amide bonds. The molecule has 0 aliphatic rings. The van der Waals surface area contributed by atoms with Crippen molar-refractivity contribution < 1.29 is 9.53 Å². The Morgan fingerprint density at radius 3 is 2.88 bits per heavy atom. The van der Waals surface area contributed by atoms with Crippen molar-refractivity contribution in [2.75, 3.05) is 7.11 Å². The first-order valence-corrected chi connectivity index (χ1v) is 5.97. The quantitative estimate of drug-likeness (QED) is 0.869. The van der Waals surface area contributed by atoms with Crippen molar-refractivity contribution in [3.05, 3.63) is 33.3 Å². The summed E-state index contributed by atoms with van der Waals surface area (Å²) in [6.45, 7) is 2.34. The second-order valence-corrected chi connectivity index (χ2v) is 4.65. The highest BCUT2D eigenvalue weighted by Crippen LogP contribution is 2.21. The van der Waals surface area contributed by atoms with E-state index in [1.54, 1.807) is 6.92 Å². The lowest BCUT2D eigenvalue weighted by molar-refractivity contribution is -0.142. The minimum absolute atomic E-state index is 0.273. The lowest BCUT2D eigenvalue weighted by Gasteiger charge is -2.12. The van der Waals surface area contributed by atoms with E-state index in [2.05, 4.69) is 26.0 Å². The zero-order chi connectivity index (χ0) is 12.1. The summed E-state index contributed by atoms with van der Waals surface area (Å²) in [6, 6.07) is 5.21. The van der Waals surface area contributed by atoms with Gasteiger partial charge in [0, 0.05) is 16.0 Å². The van der Waals surface area contributed by atoms with E-state index in [9.17, 15) is 4.79 Å². The smallest absolute Gasteiger partial charge is 0.322 e. The van der Waals surface area contributed by atoms with E-state index >= 15 is 0 Å². The number of hydrogen-bond donors (Lipinski definition) is 1. The van der Waals surface area contributed by atoms with Gasteiger partial charge in [-0.1, -0.05) is 33.6 Å². The number of halogens is 2. The highest BCUT2D eigenvalue weighted by atomic mass is 79.9. The van der Waals surface area contributed by atoms with Crippen LogP contribution >= 0.6 is 27.5 Å². The third kappa shape index (κ3) is 3.77. The molecule has 0 heterocycles. The number of ether oxygens (including phenoxy) is 1. The van der Waals surface area contributed by atoms with Crippen molar-refractivity contribution in [3.8, 4) is 0 Å². The molecule has 0 saturated heterocycles. The van der Waals surface area contributed by atoms with Gasteiger partial charge in [-0.15, -0.1) is 0 Å². The second-order valence-electron chi connectivity index (χ2n) is 3.36. The van der Waals surface area contributed by atoms with Crippen molar-refractivity contribution in [1.29, 1.82) is 0 Å². The number of benzene rings is 1. The highest BCUT2D eigenvalue weighted by Gasteiger charge is 2.12. The van der Waals surface area contributed by atoms with Crippen LogP contribution in [-0.4, -0.2) is 19.1 Å². The molecule has 0 fully saturated rings. The average molecular weight is 307 g/mol. The summed E-state index contributed by atoms with van der Waals surface area (Å²) in [5.74, 6) is -0.273. The van der Waals surface area contributed by atoms with Crippen LogP contribution in [0.2, 0.25) is 5.02 Å². The Labute approximate surface area is 108 Å². The van der Waals surface area contributed by atoms with Gasteiger partial charge in [-0.05, 0) is 24.6 Å². The van der Waals surface area contributed by atoms with Gasteiger partial charge in [0.2, 0.25) is 0 Å². The molecule has 0 spiro atoms. The van der Waals surface area contributed by atoms with E-state index in [1.165, 1.54) is 7.11 Å². The zero-order valence-electron chi connectivity index (χ0n) is 9.09. The van der Waals surface area contributed by atoms with Crippen molar-refractivity contribution in [3.63, 3.8) is 0 Å². The van der Waals surface area contributed by atoms with Gasteiger partial charge in [0.1, 0.15) is 6.04 Å². The zero-order valence-corrected chi connectivity index (χ0v) is 11.4. The number of esters is 1. The fraction of sp³-hybridized carbons (Fsp3) is 0.364. The standard InChI is InChI=1S/C11H13BrClNO2/c1-7(11(15)16-2)14-6-8-3-4-9(13)5-10(8)12/h3-5,7,14H,6H2,1-2H3/t7-/m0/s1. The van der Waals surface area contributed by atoms with Crippen molar-refractivity contribution in [2.45, 2.75) is 19.5 Å². The maximum atomic E-state index is 11.2. The molecule has 0 aliphatic heterocycles. The maximum absolute atomic E-state index is 11.2. The molecule has 1 N–H and O–H groups in total. The van der Waals surface area contributed by atoms with E-state index in [0.717, 1.165) is 10.0 Å². The summed E-state index contributed by atoms with van der Waals surface area (Å²) in [5, 5.41) is 3.74. The van der Waals surface area contributed by atoms with Gasteiger partial charge in [0.25, 0.3) is 0 Å². The van der Waals surface area contributed by atoms with Crippen LogP contribution in [-0.2, 0) is 16.1 Å². The third-order valence-corrected chi connectivity index (χ3v) is 3.14. The van der Waals surface area contributed by atoms with Crippen molar-refractivity contribution in [1.82, 2.24) is 5.32 Å². The van der Waals surface area contributed by atoms with Crippen molar-refractivity contribution >= 4 is 33.5 Å². The molecule has 5 heteroatoms. The van der Waals surface area contributed by atoms with E-state index in [4.69, 9.17) is 11.6 Å². The Morgan fingerprint density at radius 2 is 2.31 bits per heavy atom.